The molecule has 5 nitrogen and oxygen atoms in total. The standard InChI is InChI=1S/C12H18ClN3O2/c1-12(2,3)18-11(17)16-9(7-14)8-4-5-15-10(13)6-8/h4-6,9H,7,14H2,1-3H3,(H,16,17). The van der Waals surface area contributed by atoms with E-state index >= 15 is 0 Å². The number of carbonyl (C=O) groups is 1. The highest BCUT2D eigenvalue weighted by atomic mass is 35.5. The number of nitrogens with zero attached hydrogens (tertiary/aromatic N) is 1. The summed E-state index contributed by atoms with van der Waals surface area (Å²) < 4.78 is 5.17. The zero-order chi connectivity index (χ0) is 13.8. The van der Waals surface area contributed by atoms with E-state index in [1.165, 1.54) is 0 Å². The van der Waals surface area contributed by atoms with Gasteiger partial charge in [-0.25, -0.2) is 9.78 Å². The molecule has 1 aromatic rings. The average Bonchev–Trinajstić information content (AvgIpc) is 2.23. The Balaban J connectivity index is 2.71. The molecule has 100 valence electrons. The maximum atomic E-state index is 11.6. The largest absolute Gasteiger partial charge is 0.444 e. The van der Waals surface area contributed by atoms with Crippen molar-refractivity contribution in [2.45, 2.75) is 32.4 Å². The Kier molecular flexibility index (Phi) is 4.93. The van der Waals surface area contributed by atoms with Crippen LogP contribution >= 0.6 is 11.6 Å². The van der Waals surface area contributed by atoms with E-state index in [1.807, 2.05) is 0 Å². The van der Waals surface area contributed by atoms with Gasteiger partial charge in [-0.1, -0.05) is 11.6 Å². The van der Waals surface area contributed by atoms with Crippen molar-refractivity contribution >= 4 is 17.7 Å². The van der Waals surface area contributed by atoms with Crippen molar-refractivity contribution in [2.75, 3.05) is 6.54 Å². The van der Waals surface area contributed by atoms with Crippen molar-refractivity contribution in [1.29, 1.82) is 0 Å². The molecule has 0 aromatic carbocycles. The summed E-state index contributed by atoms with van der Waals surface area (Å²) in [6.07, 6.45) is 1.06. The normalized spacial score (nSPS) is 12.9. The highest BCUT2D eigenvalue weighted by Crippen LogP contribution is 2.16. The van der Waals surface area contributed by atoms with Gasteiger partial charge in [0.15, 0.2) is 0 Å². The summed E-state index contributed by atoms with van der Waals surface area (Å²) in [5.41, 5.74) is 5.89. The van der Waals surface area contributed by atoms with Crippen LogP contribution in [0.5, 0.6) is 0 Å². The Morgan fingerprint density at radius 2 is 2.28 bits per heavy atom. The molecule has 6 heteroatoms. The van der Waals surface area contributed by atoms with E-state index in [1.54, 1.807) is 39.1 Å². The fraction of sp³-hybridized carbons (Fsp3) is 0.500. The molecule has 0 saturated carbocycles. The Morgan fingerprint density at radius 1 is 1.61 bits per heavy atom. The smallest absolute Gasteiger partial charge is 0.408 e. The molecule has 18 heavy (non-hydrogen) atoms. The summed E-state index contributed by atoms with van der Waals surface area (Å²) in [5, 5.41) is 3.05. The van der Waals surface area contributed by atoms with Crippen molar-refractivity contribution in [3.05, 3.63) is 29.0 Å². The first-order chi connectivity index (χ1) is 8.31. The van der Waals surface area contributed by atoms with Gasteiger partial charge in [0, 0.05) is 12.7 Å². The van der Waals surface area contributed by atoms with E-state index in [0.717, 1.165) is 5.56 Å². The number of nitrogens with two attached hydrogens (primary N) is 1. The molecule has 3 N–H and O–H groups in total. The number of ether oxygens (including phenoxy) is 1. The monoisotopic (exact) mass is 271 g/mol. The van der Waals surface area contributed by atoms with Crippen molar-refractivity contribution in [2.24, 2.45) is 5.73 Å². The van der Waals surface area contributed by atoms with Crippen LogP contribution < -0.4 is 11.1 Å². The molecule has 0 spiro atoms. The summed E-state index contributed by atoms with van der Waals surface area (Å²) in [7, 11) is 0. The first-order valence-corrected chi connectivity index (χ1v) is 6.00. The molecule has 0 aliphatic heterocycles. The Morgan fingerprint density at radius 3 is 2.78 bits per heavy atom. The first kappa shape index (κ1) is 14.7. The van der Waals surface area contributed by atoms with Crippen LogP contribution in [0.15, 0.2) is 18.3 Å². The second-order valence-electron chi connectivity index (χ2n) is 4.85. The third-order valence-electron chi connectivity index (χ3n) is 2.08. The Labute approximate surface area is 112 Å². The van der Waals surface area contributed by atoms with Crippen LogP contribution in [-0.4, -0.2) is 23.2 Å². The van der Waals surface area contributed by atoms with E-state index in [0.29, 0.717) is 5.15 Å². The number of hydrogen-bond acceptors (Lipinski definition) is 4. The summed E-state index contributed by atoms with van der Waals surface area (Å²) in [5.74, 6) is 0. The minimum absolute atomic E-state index is 0.250. The minimum Gasteiger partial charge on any atom is -0.444 e. The Bertz CT molecular complexity index is 418. The SMILES string of the molecule is CC(C)(C)OC(=O)NC(CN)c1ccnc(Cl)c1. The molecular weight excluding hydrogens is 254 g/mol. The first-order valence-electron chi connectivity index (χ1n) is 5.63. The van der Waals surface area contributed by atoms with E-state index in [4.69, 9.17) is 22.1 Å². The third kappa shape index (κ3) is 4.89. The highest BCUT2D eigenvalue weighted by Gasteiger charge is 2.19. The van der Waals surface area contributed by atoms with Crippen LogP contribution in [0.1, 0.15) is 32.4 Å². The molecule has 1 unspecified atom stereocenters. The number of carbonyl (C=O) groups excluding carboxylic acids is 1. The van der Waals surface area contributed by atoms with Gasteiger partial charge < -0.3 is 15.8 Å². The number of alkyl carbamates (subject to hydrolysis) is 1. The molecule has 1 heterocycles. The quantitative estimate of drug-likeness (QED) is 0.827. The molecular formula is C12H18ClN3O2. The summed E-state index contributed by atoms with van der Waals surface area (Å²) >= 11 is 5.79. The predicted molar refractivity (Wildman–Crippen MR) is 70.4 cm³/mol. The molecule has 0 fully saturated rings. The molecule has 0 radical (unpaired) electrons. The van der Waals surface area contributed by atoms with Gasteiger partial charge in [0.2, 0.25) is 0 Å². The molecule has 1 rings (SSSR count). The van der Waals surface area contributed by atoms with Gasteiger partial charge in [-0.2, -0.15) is 0 Å². The molecule has 1 aromatic heterocycles. The van der Waals surface area contributed by atoms with Crippen LogP contribution in [-0.2, 0) is 4.74 Å². The molecule has 0 bridgehead atoms. The van der Waals surface area contributed by atoms with E-state index in [-0.39, 0.29) is 12.6 Å². The van der Waals surface area contributed by atoms with Gasteiger partial charge in [0.1, 0.15) is 10.8 Å². The number of rotatable bonds is 3. The second kappa shape index (κ2) is 6.02. The molecule has 0 aliphatic carbocycles. The highest BCUT2D eigenvalue weighted by molar-refractivity contribution is 6.29. The zero-order valence-electron chi connectivity index (χ0n) is 10.7. The van der Waals surface area contributed by atoms with Crippen LogP contribution in [0.2, 0.25) is 5.15 Å². The molecule has 0 saturated heterocycles. The fourth-order valence-corrected chi connectivity index (χ4v) is 1.54. The van der Waals surface area contributed by atoms with Crippen LogP contribution in [0.25, 0.3) is 0 Å². The number of amides is 1. The van der Waals surface area contributed by atoms with Gasteiger partial charge in [-0.3, -0.25) is 0 Å². The maximum Gasteiger partial charge on any atom is 0.408 e. The number of nitrogens with one attached hydrogen (secondary N) is 1. The molecule has 1 amide bonds. The van der Waals surface area contributed by atoms with Crippen molar-refractivity contribution in [1.82, 2.24) is 10.3 Å². The van der Waals surface area contributed by atoms with Crippen molar-refractivity contribution in [3.8, 4) is 0 Å². The predicted octanol–water partition coefficient (Wildman–Crippen LogP) is 2.26. The number of pyridine rings is 1. The summed E-state index contributed by atoms with van der Waals surface area (Å²) in [4.78, 5) is 15.5. The summed E-state index contributed by atoms with van der Waals surface area (Å²) in [6, 6.07) is 3.07. The van der Waals surface area contributed by atoms with Gasteiger partial charge >= 0.3 is 6.09 Å². The van der Waals surface area contributed by atoms with Gasteiger partial charge in [-0.05, 0) is 38.5 Å². The lowest BCUT2D eigenvalue weighted by Gasteiger charge is -2.23. The van der Waals surface area contributed by atoms with Crippen molar-refractivity contribution in [3.63, 3.8) is 0 Å². The minimum atomic E-state index is -0.543. The number of aromatic nitrogens is 1. The Hall–Kier alpha value is -1.33. The van der Waals surface area contributed by atoms with Gasteiger partial charge in [0.05, 0.1) is 6.04 Å². The summed E-state index contributed by atoms with van der Waals surface area (Å²) in [6.45, 7) is 5.65. The lowest BCUT2D eigenvalue weighted by atomic mass is 10.1. The van der Waals surface area contributed by atoms with Gasteiger partial charge in [-0.15, -0.1) is 0 Å². The van der Waals surface area contributed by atoms with Crippen LogP contribution in [0.4, 0.5) is 4.79 Å². The van der Waals surface area contributed by atoms with Gasteiger partial charge in [0.25, 0.3) is 0 Å². The van der Waals surface area contributed by atoms with E-state index in [2.05, 4.69) is 10.3 Å². The van der Waals surface area contributed by atoms with Crippen LogP contribution in [0.3, 0.4) is 0 Å². The number of hydrogen-bond donors (Lipinski definition) is 2. The molecule has 1 atom stereocenters. The van der Waals surface area contributed by atoms with E-state index in [9.17, 15) is 4.79 Å². The topological polar surface area (TPSA) is 77.2 Å². The van der Waals surface area contributed by atoms with Crippen LogP contribution in [0, 0.1) is 0 Å². The average molecular weight is 272 g/mol. The molecule has 0 aliphatic rings. The lowest BCUT2D eigenvalue weighted by molar-refractivity contribution is 0.0505. The van der Waals surface area contributed by atoms with E-state index < -0.39 is 11.7 Å². The fourth-order valence-electron chi connectivity index (χ4n) is 1.36. The third-order valence-corrected chi connectivity index (χ3v) is 2.29. The maximum absolute atomic E-state index is 11.6. The second-order valence-corrected chi connectivity index (χ2v) is 5.23. The lowest BCUT2D eigenvalue weighted by Crippen LogP contribution is -2.37. The zero-order valence-corrected chi connectivity index (χ0v) is 11.5. The number of halogens is 1. The van der Waals surface area contributed by atoms with Crippen molar-refractivity contribution < 1.29 is 9.53 Å².